The third-order valence-corrected chi connectivity index (χ3v) is 7.20. The molecule has 1 fully saturated rings. The Morgan fingerprint density at radius 1 is 1.23 bits per heavy atom. The van der Waals surface area contributed by atoms with Crippen LogP contribution in [0.2, 0.25) is 0 Å². The van der Waals surface area contributed by atoms with Crippen molar-refractivity contribution >= 4 is 32.8 Å². The standard InChI is InChI=1S/C21H25N5O4S/c1-4-30-21(27)16-9-11-25(13-16)24(3)19-18-10-12-26(20(18)23-14-22-19)31(28,29)17-7-5-15(2)6-8-17/h5-8,10,12,14,16H,4,9,11,13H2,1-3H3. The molecular weight excluding hydrogens is 418 g/mol. The molecule has 1 unspecified atom stereocenters. The Bertz CT molecular complexity index is 1210. The van der Waals surface area contributed by atoms with E-state index in [2.05, 4.69) is 9.97 Å². The molecule has 0 spiro atoms. The lowest BCUT2D eigenvalue weighted by molar-refractivity contribution is -0.147. The van der Waals surface area contributed by atoms with Gasteiger partial charge in [-0.2, -0.15) is 0 Å². The van der Waals surface area contributed by atoms with Gasteiger partial charge in [-0.15, -0.1) is 0 Å². The summed E-state index contributed by atoms with van der Waals surface area (Å²) in [6, 6.07) is 8.40. The van der Waals surface area contributed by atoms with Gasteiger partial charge in [-0.25, -0.2) is 27.4 Å². The van der Waals surface area contributed by atoms with Crippen LogP contribution in [-0.2, 0) is 19.6 Å². The molecule has 1 aliphatic rings. The summed E-state index contributed by atoms with van der Waals surface area (Å²) in [4.78, 5) is 20.9. The van der Waals surface area contributed by atoms with Gasteiger partial charge in [0.2, 0.25) is 0 Å². The van der Waals surface area contributed by atoms with Crippen LogP contribution in [-0.4, -0.2) is 60.1 Å². The van der Waals surface area contributed by atoms with Gasteiger partial charge in [0.25, 0.3) is 10.0 Å². The topological polar surface area (TPSA) is 97.6 Å². The zero-order valence-corrected chi connectivity index (χ0v) is 18.5. The lowest BCUT2D eigenvalue weighted by atomic mass is 10.1. The Morgan fingerprint density at radius 3 is 2.68 bits per heavy atom. The van der Waals surface area contributed by atoms with Crippen LogP contribution >= 0.6 is 0 Å². The SMILES string of the molecule is CCOC(=O)C1CCN(N(C)c2ncnc3c2ccn3S(=O)(=O)c2ccc(C)cc2)C1. The van der Waals surface area contributed by atoms with Crippen LogP contribution in [0, 0.1) is 12.8 Å². The fourth-order valence-corrected chi connectivity index (χ4v) is 5.09. The van der Waals surface area contributed by atoms with Gasteiger partial charge < -0.3 is 4.74 Å². The number of carbonyl (C=O) groups is 1. The Hall–Kier alpha value is -2.98. The number of ether oxygens (including phenoxy) is 1. The first-order valence-electron chi connectivity index (χ1n) is 10.1. The summed E-state index contributed by atoms with van der Waals surface area (Å²) >= 11 is 0. The van der Waals surface area contributed by atoms with Crippen LogP contribution < -0.4 is 5.01 Å². The number of hydrazine groups is 1. The molecule has 31 heavy (non-hydrogen) atoms. The second-order valence-electron chi connectivity index (χ2n) is 7.54. The molecule has 0 bridgehead atoms. The molecule has 0 N–H and O–H groups in total. The van der Waals surface area contributed by atoms with Crippen molar-refractivity contribution in [2.75, 3.05) is 31.8 Å². The number of aryl methyl sites for hydroxylation is 1. The lowest BCUT2D eigenvalue weighted by Gasteiger charge is -2.29. The van der Waals surface area contributed by atoms with Crippen molar-refractivity contribution in [3.05, 3.63) is 48.4 Å². The van der Waals surface area contributed by atoms with Gasteiger partial charge in [-0.1, -0.05) is 17.7 Å². The number of carbonyl (C=O) groups excluding carboxylic acids is 1. The summed E-state index contributed by atoms with van der Waals surface area (Å²) in [6.07, 6.45) is 3.55. The summed E-state index contributed by atoms with van der Waals surface area (Å²) in [7, 11) is -1.95. The number of nitrogens with zero attached hydrogens (tertiary/aromatic N) is 5. The van der Waals surface area contributed by atoms with E-state index in [4.69, 9.17) is 4.74 Å². The highest BCUT2D eigenvalue weighted by molar-refractivity contribution is 7.90. The maximum Gasteiger partial charge on any atom is 0.310 e. The molecule has 1 atom stereocenters. The molecule has 9 nitrogen and oxygen atoms in total. The minimum absolute atomic E-state index is 0.189. The normalized spacial score (nSPS) is 17.2. The lowest BCUT2D eigenvalue weighted by Crippen LogP contribution is -2.39. The van der Waals surface area contributed by atoms with E-state index in [1.54, 1.807) is 37.3 Å². The number of anilines is 1. The van der Waals surface area contributed by atoms with E-state index in [-0.39, 0.29) is 16.8 Å². The van der Waals surface area contributed by atoms with Crippen molar-refractivity contribution < 1.29 is 17.9 Å². The van der Waals surface area contributed by atoms with Crippen LogP contribution in [0.4, 0.5) is 5.82 Å². The largest absolute Gasteiger partial charge is 0.466 e. The van der Waals surface area contributed by atoms with Gasteiger partial charge in [-0.3, -0.25) is 9.80 Å². The average Bonchev–Trinajstić information content (AvgIpc) is 3.41. The molecule has 3 heterocycles. The number of aromatic nitrogens is 3. The van der Waals surface area contributed by atoms with Crippen LogP contribution in [0.5, 0.6) is 0 Å². The number of hydrogen-bond acceptors (Lipinski definition) is 8. The highest BCUT2D eigenvalue weighted by Crippen LogP contribution is 2.29. The Labute approximate surface area is 181 Å². The molecule has 3 aromatic rings. The first kappa shape index (κ1) is 21.3. The molecule has 1 aromatic carbocycles. The van der Waals surface area contributed by atoms with Gasteiger partial charge in [0.05, 0.1) is 22.8 Å². The van der Waals surface area contributed by atoms with Gasteiger partial charge in [0.1, 0.15) is 6.33 Å². The zero-order valence-electron chi connectivity index (χ0n) is 17.7. The van der Waals surface area contributed by atoms with Crippen LogP contribution in [0.3, 0.4) is 0 Å². The van der Waals surface area contributed by atoms with E-state index in [9.17, 15) is 13.2 Å². The zero-order chi connectivity index (χ0) is 22.2. The van der Waals surface area contributed by atoms with E-state index in [1.165, 1.54) is 16.5 Å². The van der Waals surface area contributed by atoms with Gasteiger partial charge in [0, 0.05) is 26.3 Å². The summed E-state index contributed by atoms with van der Waals surface area (Å²) in [6.45, 7) is 5.25. The van der Waals surface area contributed by atoms with Crippen molar-refractivity contribution in [3.8, 4) is 0 Å². The molecule has 2 aromatic heterocycles. The van der Waals surface area contributed by atoms with E-state index in [1.807, 2.05) is 24.0 Å². The first-order valence-corrected chi connectivity index (χ1v) is 11.6. The number of benzene rings is 1. The number of fused-ring (bicyclic) bond motifs is 1. The molecular formula is C21H25N5O4S. The summed E-state index contributed by atoms with van der Waals surface area (Å²) in [5.41, 5.74) is 1.29. The monoisotopic (exact) mass is 443 g/mol. The summed E-state index contributed by atoms with van der Waals surface area (Å²) in [5.74, 6) is 0.195. The highest BCUT2D eigenvalue weighted by Gasteiger charge is 2.32. The number of rotatable bonds is 6. The summed E-state index contributed by atoms with van der Waals surface area (Å²) < 4.78 is 32.6. The van der Waals surface area contributed by atoms with E-state index >= 15 is 0 Å². The van der Waals surface area contributed by atoms with Crippen molar-refractivity contribution in [2.45, 2.75) is 25.2 Å². The first-order chi connectivity index (χ1) is 14.8. The smallest absolute Gasteiger partial charge is 0.310 e. The molecule has 0 amide bonds. The fraction of sp³-hybridized carbons (Fsp3) is 0.381. The fourth-order valence-electron chi connectivity index (χ4n) is 3.79. The Balaban J connectivity index is 1.65. The van der Waals surface area contributed by atoms with Crippen LogP contribution in [0.1, 0.15) is 18.9 Å². The predicted octanol–water partition coefficient (Wildman–Crippen LogP) is 2.21. The number of esters is 1. The molecule has 10 heteroatoms. The molecule has 4 rings (SSSR count). The minimum Gasteiger partial charge on any atom is -0.466 e. The van der Waals surface area contributed by atoms with Crippen molar-refractivity contribution in [2.24, 2.45) is 5.92 Å². The quantitative estimate of drug-likeness (QED) is 0.535. The van der Waals surface area contributed by atoms with E-state index in [0.29, 0.717) is 43.0 Å². The Morgan fingerprint density at radius 2 is 1.97 bits per heavy atom. The molecule has 1 saturated heterocycles. The van der Waals surface area contributed by atoms with Gasteiger partial charge in [0.15, 0.2) is 11.5 Å². The molecule has 1 aliphatic heterocycles. The molecule has 164 valence electrons. The van der Waals surface area contributed by atoms with Crippen LogP contribution in [0.15, 0.2) is 47.8 Å². The third kappa shape index (κ3) is 3.88. The molecule has 0 saturated carbocycles. The maximum absolute atomic E-state index is 13.2. The molecule has 0 radical (unpaired) electrons. The van der Waals surface area contributed by atoms with Crippen molar-refractivity contribution in [3.63, 3.8) is 0 Å². The second-order valence-corrected chi connectivity index (χ2v) is 9.35. The summed E-state index contributed by atoms with van der Waals surface area (Å²) in [5, 5.41) is 4.47. The Kier molecular flexibility index (Phi) is 5.67. The minimum atomic E-state index is -3.79. The van der Waals surface area contributed by atoms with E-state index in [0.717, 1.165) is 5.56 Å². The molecule has 0 aliphatic carbocycles. The third-order valence-electron chi connectivity index (χ3n) is 5.52. The highest BCUT2D eigenvalue weighted by atomic mass is 32.2. The maximum atomic E-state index is 13.2. The van der Waals surface area contributed by atoms with Crippen molar-refractivity contribution in [1.29, 1.82) is 0 Å². The van der Waals surface area contributed by atoms with Gasteiger partial charge in [-0.05, 0) is 38.5 Å². The predicted molar refractivity (Wildman–Crippen MR) is 116 cm³/mol. The number of hydrogen-bond donors (Lipinski definition) is 0. The average molecular weight is 444 g/mol. The van der Waals surface area contributed by atoms with Crippen LogP contribution in [0.25, 0.3) is 11.0 Å². The van der Waals surface area contributed by atoms with Crippen molar-refractivity contribution in [1.82, 2.24) is 18.9 Å². The van der Waals surface area contributed by atoms with Gasteiger partial charge >= 0.3 is 5.97 Å². The van der Waals surface area contributed by atoms with E-state index < -0.39 is 10.0 Å². The second kappa shape index (κ2) is 8.27.